The van der Waals surface area contributed by atoms with E-state index in [4.69, 9.17) is 18.9 Å². The maximum absolute atomic E-state index is 11.7. The van der Waals surface area contributed by atoms with E-state index in [1.54, 1.807) is 12.1 Å². The summed E-state index contributed by atoms with van der Waals surface area (Å²) in [7, 11) is 2.88. The Morgan fingerprint density at radius 3 is 2.79 bits per heavy atom. The lowest BCUT2D eigenvalue weighted by atomic mass is 10.1. The van der Waals surface area contributed by atoms with Crippen LogP contribution in [0.15, 0.2) is 23.2 Å². The summed E-state index contributed by atoms with van der Waals surface area (Å²) in [6.45, 7) is 6.22. The summed E-state index contributed by atoms with van der Waals surface area (Å²) in [6.07, 6.45) is 2.11. The van der Waals surface area contributed by atoms with E-state index < -0.39 is 5.97 Å². The maximum atomic E-state index is 11.7. The zero-order valence-electron chi connectivity index (χ0n) is 17.4. The predicted molar refractivity (Wildman–Crippen MR) is 122 cm³/mol. The number of guanidine groups is 1. The first-order valence-electron chi connectivity index (χ1n) is 9.64. The smallest absolute Gasteiger partial charge is 0.341 e. The van der Waals surface area contributed by atoms with Gasteiger partial charge in [-0.2, -0.15) is 0 Å². The van der Waals surface area contributed by atoms with Crippen molar-refractivity contribution in [1.29, 1.82) is 0 Å². The molecule has 0 spiro atoms. The number of halogens is 1. The molecule has 1 aliphatic heterocycles. The van der Waals surface area contributed by atoms with Crippen LogP contribution < -0.4 is 15.4 Å². The molecule has 1 atom stereocenters. The molecule has 2 N–H and O–H groups in total. The number of nitrogens with zero attached hydrogens (tertiary/aromatic N) is 1. The number of methoxy groups -OCH3 is 2. The molecule has 8 nitrogen and oxygen atoms in total. The van der Waals surface area contributed by atoms with Crippen LogP contribution in [0.25, 0.3) is 0 Å². The van der Waals surface area contributed by atoms with E-state index in [2.05, 4.69) is 15.6 Å². The van der Waals surface area contributed by atoms with E-state index >= 15 is 0 Å². The monoisotopic (exact) mass is 521 g/mol. The molecule has 29 heavy (non-hydrogen) atoms. The fourth-order valence-corrected chi connectivity index (χ4v) is 2.80. The Morgan fingerprint density at radius 1 is 1.31 bits per heavy atom. The first kappa shape index (κ1) is 25.4. The molecule has 0 saturated carbocycles. The van der Waals surface area contributed by atoms with Gasteiger partial charge in [-0.3, -0.25) is 0 Å². The highest BCUT2D eigenvalue weighted by Crippen LogP contribution is 2.21. The molecule has 2 rings (SSSR count). The lowest BCUT2D eigenvalue weighted by Gasteiger charge is -2.13. The van der Waals surface area contributed by atoms with Crippen molar-refractivity contribution < 1.29 is 23.7 Å². The number of hydrogen-bond donors (Lipinski definition) is 2. The van der Waals surface area contributed by atoms with Gasteiger partial charge in [-0.1, -0.05) is 6.07 Å². The van der Waals surface area contributed by atoms with E-state index in [1.165, 1.54) is 14.2 Å². The average Bonchev–Trinajstić information content (AvgIpc) is 3.24. The molecule has 1 aromatic carbocycles. The van der Waals surface area contributed by atoms with Gasteiger partial charge < -0.3 is 29.6 Å². The molecule has 1 unspecified atom stereocenters. The number of aliphatic imine (C=N–C) groups is 1. The van der Waals surface area contributed by atoms with Crippen molar-refractivity contribution >= 4 is 35.9 Å². The highest BCUT2D eigenvalue weighted by molar-refractivity contribution is 14.0. The molecule has 0 aromatic heterocycles. The molecule has 9 heteroatoms. The van der Waals surface area contributed by atoms with Crippen molar-refractivity contribution in [1.82, 2.24) is 10.6 Å². The van der Waals surface area contributed by atoms with E-state index in [0.29, 0.717) is 31.1 Å². The molecule has 1 heterocycles. The number of rotatable bonds is 10. The number of nitrogens with one attached hydrogen (secondary N) is 2. The van der Waals surface area contributed by atoms with E-state index in [-0.39, 0.29) is 30.1 Å². The Bertz CT molecular complexity index is 651. The van der Waals surface area contributed by atoms with Gasteiger partial charge in [0.2, 0.25) is 0 Å². The molecule has 1 aromatic rings. The standard InChI is InChI=1S/C20H31N3O5.HI/c1-4-21-20(22-9-5-10-28-16-8-11-27-14-16)23-13-15-6-7-17(19(24)26-3)18(12-15)25-2;/h6-7,12,16H,4-5,8-11,13-14H2,1-3H3,(H2,21,22,23);1H. The third kappa shape index (κ3) is 8.75. The van der Waals surface area contributed by atoms with Gasteiger partial charge in [-0.15, -0.1) is 24.0 Å². The fraction of sp³-hybridized carbons (Fsp3) is 0.600. The molecule has 0 radical (unpaired) electrons. The average molecular weight is 521 g/mol. The van der Waals surface area contributed by atoms with Crippen molar-refractivity contribution in [3.8, 4) is 5.75 Å². The molecule has 1 fully saturated rings. The zero-order valence-corrected chi connectivity index (χ0v) is 19.7. The number of hydrogen-bond acceptors (Lipinski definition) is 6. The second kappa shape index (κ2) is 14.4. The van der Waals surface area contributed by atoms with Gasteiger partial charge in [0.15, 0.2) is 5.96 Å². The number of carbonyl (C=O) groups excluding carboxylic acids is 1. The largest absolute Gasteiger partial charge is 0.496 e. The van der Waals surface area contributed by atoms with E-state index in [1.807, 2.05) is 13.0 Å². The molecule has 0 aliphatic carbocycles. The molecular weight excluding hydrogens is 489 g/mol. The summed E-state index contributed by atoms with van der Waals surface area (Å²) in [5, 5.41) is 6.53. The normalized spacial score (nSPS) is 16.1. The van der Waals surface area contributed by atoms with Gasteiger partial charge in [-0.25, -0.2) is 9.79 Å². The number of carbonyl (C=O) groups is 1. The Hall–Kier alpha value is -1.59. The van der Waals surface area contributed by atoms with Gasteiger partial charge in [0.1, 0.15) is 11.3 Å². The minimum atomic E-state index is -0.423. The van der Waals surface area contributed by atoms with Gasteiger partial charge in [0.25, 0.3) is 0 Å². The number of esters is 1. The van der Waals surface area contributed by atoms with Crippen LogP contribution in [0.5, 0.6) is 5.75 Å². The van der Waals surface area contributed by atoms with Crippen LogP contribution in [-0.2, 0) is 20.8 Å². The summed E-state index contributed by atoms with van der Waals surface area (Å²) in [4.78, 5) is 16.3. The van der Waals surface area contributed by atoms with Gasteiger partial charge in [0, 0.05) is 26.3 Å². The second-order valence-corrected chi connectivity index (χ2v) is 6.36. The van der Waals surface area contributed by atoms with Gasteiger partial charge >= 0.3 is 5.97 Å². The van der Waals surface area contributed by atoms with Crippen molar-refractivity contribution in [2.75, 3.05) is 47.1 Å². The third-order valence-corrected chi connectivity index (χ3v) is 4.29. The molecule has 1 saturated heterocycles. The van der Waals surface area contributed by atoms with Crippen molar-refractivity contribution in [2.45, 2.75) is 32.4 Å². The number of benzene rings is 1. The number of ether oxygens (including phenoxy) is 4. The first-order valence-corrected chi connectivity index (χ1v) is 9.64. The molecule has 0 bridgehead atoms. The lowest BCUT2D eigenvalue weighted by Crippen LogP contribution is -2.38. The van der Waals surface area contributed by atoms with E-state index in [0.717, 1.165) is 44.1 Å². The van der Waals surface area contributed by atoms with Crippen LogP contribution in [-0.4, -0.2) is 65.2 Å². The highest BCUT2D eigenvalue weighted by atomic mass is 127. The third-order valence-electron chi connectivity index (χ3n) is 4.29. The van der Waals surface area contributed by atoms with Crippen LogP contribution in [0.1, 0.15) is 35.7 Å². The first-order chi connectivity index (χ1) is 13.7. The summed E-state index contributed by atoms with van der Waals surface area (Å²) in [5.41, 5.74) is 1.33. The van der Waals surface area contributed by atoms with Crippen LogP contribution in [0, 0.1) is 0 Å². The second-order valence-electron chi connectivity index (χ2n) is 6.36. The minimum Gasteiger partial charge on any atom is -0.496 e. The maximum Gasteiger partial charge on any atom is 0.341 e. The molecule has 0 amide bonds. The topological polar surface area (TPSA) is 90.4 Å². The van der Waals surface area contributed by atoms with Crippen molar-refractivity contribution in [3.63, 3.8) is 0 Å². The highest BCUT2D eigenvalue weighted by Gasteiger charge is 2.15. The van der Waals surface area contributed by atoms with Crippen LogP contribution in [0.2, 0.25) is 0 Å². The Morgan fingerprint density at radius 2 is 2.14 bits per heavy atom. The SMILES string of the molecule is CCNC(=NCc1ccc(C(=O)OC)c(OC)c1)NCCCOC1CCOC1.I. The predicted octanol–water partition coefficient (Wildman–Crippen LogP) is 2.35. The summed E-state index contributed by atoms with van der Waals surface area (Å²) >= 11 is 0. The fourth-order valence-electron chi connectivity index (χ4n) is 2.80. The van der Waals surface area contributed by atoms with Crippen molar-refractivity contribution in [2.24, 2.45) is 4.99 Å². The Balaban J connectivity index is 0.00000420. The molecular formula is C20H32IN3O5. The summed E-state index contributed by atoms with van der Waals surface area (Å²) in [6, 6.07) is 5.34. The van der Waals surface area contributed by atoms with E-state index in [9.17, 15) is 4.79 Å². The Kier molecular flexibility index (Phi) is 12.6. The quantitative estimate of drug-likeness (QED) is 0.161. The zero-order chi connectivity index (χ0) is 20.2. The van der Waals surface area contributed by atoms with Gasteiger partial charge in [-0.05, 0) is 37.5 Å². The van der Waals surface area contributed by atoms with Crippen LogP contribution >= 0.6 is 24.0 Å². The summed E-state index contributed by atoms with van der Waals surface area (Å²) in [5.74, 6) is 0.793. The molecule has 164 valence electrons. The Labute approximate surface area is 189 Å². The van der Waals surface area contributed by atoms with Crippen LogP contribution in [0.4, 0.5) is 0 Å². The van der Waals surface area contributed by atoms with Crippen molar-refractivity contribution in [3.05, 3.63) is 29.3 Å². The van der Waals surface area contributed by atoms with Gasteiger partial charge in [0.05, 0.1) is 33.5 Å². The molecule has 1 aliphatic rings. The lowest BCUT2D eigenvalue weighted by molar-refractivity contribution is 0.0420. The summed E-state index contributed by atoms with van der Waals surface area (Å²) < 4.78 is 21.1. The van der Waals surface area contributed by atoms with Crippen LogP contribution in [0.3, 0.4) is 0 Å². The minimum absolute atomic E-state index is 0.